The third-order valence-electron chi connectivity index (χ3n) is 6.44. The van der Waals surface area contributed by atoms with Crippen LogP contribution in [0.3, 0.4) is 0 Å². The first-order valence-electron chi connectivity index (χ1n) is 11.6. The van der Waals surface area contributed by atoms with E-state index < -0.39 is 5.82 Å². The number of anilines is 1. The Hall–Kier alpha value is -4.15. The van der Waals surface area contributed by atoms with Crippen LogP contribution in [0.4, 0.5) is 14.6 Å². The SMILES string of the molecule is CN(c1nc(-c2cc(-c3ccon3)n(Cc3ccccc3F)n2)ncc1F)[C@@H]1CCCC[C@H]1OC=O. The molecule has 1 saturated carbocycles. The van der Waals surface area contributed by atoms with Crippen LogP contribution in [0.15, 0.2) is 53.4 Å². The fourth-order valence-electron chi connectivity index (χ4n) is 4.62. The Kier molecular flexibility index (Phi) is 6.70. The van der Waals surface area contributed by atoms with Crippen LogP contribution >= 0.6 is 0 Å². The van der Waals surface area contributed by atoms with Gasteiger partial charge in [0.2, 0.25) is 0 Å². The number of aromatic nitrogens is 5. The molecule has 0 saturated heterocycles. The summed E-state index contributed by atoms with van der Waals surface area (Å²) in [5.41, 5.74) is 1.87. The first-order chi connectivity index (χ1) is 17.5. The van der Waals surface area contributed by atoms with Gasteiger partial charge >= 0.3 is 0 Å². The molecule has 0 N–H and O–H groups in total. The lowest BCUT2D eigenvalue weighted by Gasteiger charge is -2.37. The first kappa shape index (κ1) is 23.6. The minimum atomic E-state index is -0.598. The van der Waals surface area contributed by atoms with Gasteiger partial charge in [-0.3, -0.25) is 9.48 Å². The fraction of sp³-hybridized carbons (Fsp3) is 0.320. The second-order valence-corrected chi connectivity index (χ2v) is 8.65. The summed E-state index contributed by atoms with van der Waals surface area (Å²) in [6, 6.07) is 9.57. The Morgan fingerprint density at radius 2 is 2.00 bits per heavy atom. The van der Waals surface area contributed by atoms with Crippen LogP contribution < -0.4 is 4.90 Å². The number of benzene rings is 1. The zero-order chi connectivity index (χ0) is 25.1. The van der Waals surface area contributed by atoms with E-state index in [9.17, 15) is 13.6 Å². The van der Waals surface area contributed by atoms with Gasteiger partial charge in [-0.25, -0.2) is 18.7 Å². The standard InChI is InChI=1S/C25H24F2N6O3/c1-32(21-8-4-5-9-23(21)35-15-34)25-18(27)13-28-24(29-25)20-12-22(19-10-11-36-31-19)33(30-20)14-16-6-2-3-7-17(16)26/h2-3,6-7,10-13,15,21,23H,4-5,8-9,14H2,1H3/t21-,23-/m1/s1. The molecule has 3 heterocycles. The van der Waals surface area contributed by atoms with E-state index in [0.29, 0.717) is 35.5 Å². The third-order valence-corrected chi connectivity index (χ3v) is 6.44. The second kappa shape index (κ2) is 10.2. The van der Waals surface area contributed by atoms with E-state index in [4.69, 9.17) is 9.26 Å². The van der Waals surface area contributed by atoms with Crippen molar-refractivity contribution in [3.63, 3.8) is 0 Å². The van der Waals surface area contributed by atoms with Gasteiger partial charge in [0.15, 0.2) is 17.5 Å². The van der Waals surface area contributed by atoms with Crippen molar-refractivity contribution >= 4 is 12.3 Å². The zero-order valence-corrected chi connectivity index (χ0v) is 19.6. The highest BCUT2D eigenvalue weighted by atomic mass is 19.1. The number of carbonyl (C=O) groups excluding carboxylic acids is 1. The molecule has 1 aliphatic carbocycles. The van der Waals surface area contributed by atoms with Gasteiger partial charge in [0.1, 0.15) is 29.6 Å². The molecule has 1 aliphatic rings. The molecular weight excluding hydrogens is 470 g/mol. The van der Waals surface area contributed by atoms with Crippen molar-refractivity contribution in [3.8, 4) is 22.9 Å². The third kappa shape index (κ3) is 4.68. The summed E-state index contributed by atoms with van der Waals surface area (Å²) >= 11 is 0. The number of ether oxygens (including phenoxy) is 1. The molecule has 0 spiro atoms. The smallest absolute Gasteiger partial charge is 0.293 e. The molecule has 2 atom stereocenters. The number of likely N-dealkylation sites (N-methyl/N-ethyl adjacent to an activating group) is 1. The number of hydrogen-bond acceptors (Lipinski definition) is 8. The van der Waals surface area contributed by atoms with Crippen molar-refractivity contribution in [2.75, 3.05) is 11.9 Å². The molecule has 0 radical (unpaired) electrons. The van der Waals surface area contributed by atoms with Gasteiger partial charge in [-0.15, -0.1) is 0 Å². The second-order valence-electron chi connectivity index (χ2n) is 8.65. The summed E-state index contributed by atoms with van der Waals surface area (Å²) < 4.78 is 41.1. The molecule has 3 aromatic heterocycles. The van der Waals surface area contributed by atoms with E-state index in [1.54, 1.807) is 47.0 Å². The maximum Gasteiger partial charge on any atom is 0.293 e. The van der Waals surface area contributed by atoms with E-state index in [-0.39, 0.29) is 36.2 Å². The molecule has 0 amide bonds. The maximum atomic E-state index is 14.9. The Morgan fingerprint density at radius 3 is 2.78 bits per heavy atom. The van der Waals surface area contributed by atoms with Crippen molar-refractivity contribution < 1.29 is 22.8 Å². The van der Waals surface area contributed by atoms with Crippen molar-refractivity contribution in [2.24, 2.45) is 0 Å². The van der Waals surface area contributed by atoms with Crippen molar-refractivity contribution in [1.82, 2.24) is 24.9 Å². The van der Waals surface area contributed by atoms with E-state index in [0.717, 1.165) is 25.5 Å². The van der Waals surface area contributed by atoms with Gasteiger partial charge in [-0.1, -0.05) is 29.8 Å². The predicted octanol–water partition coefficient (Wildman–Crippen LogP) is 4.24. The van der Waals surface area contributed by atoms with Crippen molar-refractivity contribution in [2.45, 2.75) is 44.4 Å². The number of rotatable bonds is 8. The molecule has 5 rings (SSSR count). The number of carbonyl (C=O) groups is 1. The number of nitrogens with zero attached hydrogens (tertiary/aromatic N) is 6. The average molecular weight is 495 g/mol. The van der Waals surface area contributed by atoms with E-state index in [1.165, 1.54) is 12.3 Å². The van der Waals surface area contributed by atoms with E-state index >= 15 is 0 Å². The maximum absolute atomic E-state index is 14.9. The lowest BCUT2D eigenvalue weighted by atomic mass is 9.91. The van der Waals surface area contributed by atoms with Gasteiger partial charge in [0.25, 0.3) is 6.47 Å². The van der Waals surface area contributed by atoms with Crippen LogP contribution in [-0.2, 0) is 16.1 Å². The molecule has 4 aromatic rings. The monoisotopic (exact) mass is 494 g/mol. The van der Waals surface area contributed by atoms with Gasteiger partial charge in [0, 0.05) is 18.7 Å². The molecule has 36 heavy (non-hydrogen) atoms. The van der Waals surface area contributed by atoms with Crippen LogP contribution in [0.25, 0.3) is 22.9 Å². The topological polar surface area (TPSA) is 99.2 Å². The van der Waals surface area contributed by atoms with Crippen LogP contribution in [0.5, 0.6) is 0 Å². The van der Waals surface area contributed by atoms with Gasteiger partial charge in [0.05, 0.1) is 24.5 Å². The number of halogens is 2. The largest absolute Gasteiger partial charge is 0.462 e. The number of hydrogen-bond donors (Lipinski definition) is 0. The molecular formula is C25H24F2N6O3. The van der Waals surface area contributed by atoms with Gasteiger partial charge in [-0.05, 0) is 31.4 Å². The highest BCUT2D eigenvalue weighted by Crippen LogP contribution is 2.30. The van der Waals surface area contributed by atoms with Crippen molar-refractivity contribution in [1.29, 1.82) is 0 Å². The Balaban J connectivity index is 1.51. The molecule has 0 aliphatic heterocycles. The fourth-order valence-corrected chi connectivity index (χ4v) is 4.62. The molecule has 0 bridgehead atoms. The molecule has 186 valence electrons. The first-order valence-corrected chi connectivity index (χ1v) is 11.6. The summed E-state index contributed by atoms with van der Waals surface area (Å²) in [6.45, 7) is 0.571. The Labute approximate surface area is 205 Å². The molecule has 11 heteroatoms. The Bertz CT molecular complexity index is 1340. The summed E-state index contributed by atoms with van der Waals surface area (Å²) in [5.74, 6) is -0.682. The molecule has 9 nitrogen and oxygen atoms in total. The average Bonchev–Trinajstić information content (AvgIpc) is 3.56. The quantitative estimate of drug-likeness (QED) is 0.336. The minimum absolute atomic E-state index is 0.0815. The molecule has 1 aromatic carbocycles. The minimum Gasteiger partial charge on any atom is -0.462 e. The summed E-state index contributed by atoms with van der Waals surface area (Å²) in [4.78, 5) is 21.3. The molecule has 0 unspecified atom stereocenters. The van der Waals surface area contributed by atoms with E-state index in [1.807, 2.05) is 0 Å². The summed E-state index contributed by atoms with van der Waals surface area (Å²) in [7, 11) is 1.73. The Morgan fingerprint density at radius 1 is 1.17 bits per heavy atom. The van der Waals surface area contributed by atoms with Crippen LogP contribution in [0.2, 0.25) is 0 Å². The van der Waals surface area contributed by atoms with Gasteiger partial charge in [-0.2, -0.15) is 5.10 Å². The predicted molar refractivity (Wildman–Crippen MR) is 126 cm³/mol. The highest BCUT2D eigenvalue weighted by molar-refractivity contribution is 5.63. The highest BCUT2D eigenvalue weighted by Gasteiger charge is 2.32. The van der Waals surface area contributed by atoms with Crippen LogP contribution in [0.1, 0.15) is 31.2 Å². The van der Waals surface area contributed by atoms with Crippen molar-refractivity contribution in [3.05, 3.63) is 66.1 Å². The zero-order valence-electron chi connectivity index (χ0n) is 19.6. The molecule has 1 fully saturated rings. The van der Waals surface area contributed by atoms with Crippen LogP contribution in [-0.4, -0.2) is 50.6 Å². The summed E-state index contributed by atoms with van der Waals surface area (Å²) in [5, 5.41) is 8.58. The lowest BCUT2D eigenvalue weighted by Crippen LogP contribution is -2.45. The normalized spacial score (nSPS) is 17.6. The summed E-state index contributed by atoms with van der Waals surface area (Å²) in [6.07, 6.45) is 5.49. The lowest BCUT2D eigenvalue weighted by molar-refractivity contribution is -0.135. The van der Waals surface area contributed by atoms with Crippen LogP contribution in [0, 0.1) is 11.6 Å². The van der Waals surface area contributed by atoms with Gasteiger partial charge < -0.3 is 14.2 Å². The van der Waals surface area contributed by atoms with E-state index in [2.05, 4.69) is 20.2 Å².